The van der Waals surface area contributed by atoms with Crippen molar-refractivity contribution >= 4 is 0 Å². The quantitative estimate of drug-likeness (QED) is 0.562. The summed E-state index contributed by atoms with van der Waals surface area (Å²) in [5.41, 5.74) is 1.46. The van der Waals surface area contributed by atoms with Gasteiger partial charge in [-0.05, 0) is 24.8 Å². The van der Waals surface area contributed by atoms with Crippen molar-refractivity contribution in [3.63, 3.8) is 0 Å². The van der Waals surface area contributed by atoms with Gasteiger partial charge in [0.05, 0.1) is 25.4 Å². The van der Waals surface area contributed by atoms with E-state index < -0.39 is 0 Å². The summed E-state index contributed by atoms with van der Waals surface area (Å²) in [6.45, 7) is 3.80. The van der Waals surface area contributed by atoms with Crippen molar-refractivity contribution in [1.29, 1.82) is 0 Å². The summed E-state index contributed by atoms with van der Waals surface area (Å²) in [6.07, 6.45) is 4.05. The molecule has 0 aromatic carbocycles. The SMILES string of the molecule is C[C@@H]1O[C@H]2OCC3=CC[C@@H]4CO[C@@H]1[C@H]4[C@H]32. The Labute approximate surface area is 89.4 Å². The standard InChI is InChI=1S/C12H16O3/c1-6-11-9-7(4-13-11)2-3-8-5-14-12(15-6)10(8)9/h3,6-7,9-12H,2,4-5H2,1H3/t6-,7+,9+,10-,11-,12+/m0/s1. The second-order valence-corrected chi connectivity index (χ2v) is 5.20. The molecule has 0 radical (unpaired) electrons. The summed E-state index contributed by atoms with van der Waals surface area (Å²) < 4.78 is 17.5. The lowest BCUT2D eigenvalue weighted by Crippen LogP contribution is -2.49. The Hall–Kier alpha value is -0.380. The van der Waals surface area contributed by atoms with Crippen LogP contribution in [0.3, 0.4) is 0 Å². The van der Waals surface area contributed by atoms with Gasteiger partial charge in [-0.1, -0.05) is 6.08 Å². The number of hydrogen-bond acceptors (Lipinski definition) is 3. The van der Waals surface area contributed by atoms with Gasteiger partial charge in [-0.2, -0.15) is 0 Å². The fourth-order valence-electron chi connectivity index (χ4n) is 3.79. The highest BCUT2D eigenvalue weighted by Crippen LogP contribution is 2.51. The zero-order chi connectivity index (χ0) is 9.99. The topological polar surface area (TPSA) is 27.7 Å². The average Bonchev–Trinajstić information content (AvgIpc) is 2.79. The summed E-state index contributed by atoms with van der Waals surface area (Å²) in [4.78, 5) is 0. The zero-order valence-corrected chi connectivity index (χ0v) is 8.89. The van der Waals surface area contributed by atoms with Crippen molar-refractivity contribution in [2.45, 2.75) is 31.8 Å². The molecular weight excluding hydrogens is 192 g/mol. The average molecular weight is 208 g/mol. The van der Waals surface area contributed by atoms with Crippen LogP contribution in [0.25, 0.3) is 0 Å². The summed E-state index contributed by atoms with van der Waals surface area (Å²) in [5.74, 6) is 1.85. The minimum atomic E-state index is 0.0111. The van der Waals surface area contributed by atoms with Crippen LogP contribution in [0, 0.1) is 17.8 Å². The Kier molecular flexibility index (Phi) is 1.66. The summed E-state index contributed by atoms with van der Waals surface area (Å²) in [6, 6.07) is 0. The van der Waals surface area contributed by atoms with Crippen LogP contribution in [0.2, 0.25) is 0 Å². The number of hydrogen-bond donors (Lipinski definition) is 0. The molecule has 4 aliphatic rings. The molecule has 0 unspecified atom stereocenters. The highest BCUT2D eigenvalue weighted by Gasteiger charge is 2.56. The maximum absolute atomic E-state index is 5.89. The van der Waals surface area contributed by atoms with Gasteiger partial charge in [-0.15, -0.1) is 0 Å². The van der Waals surface area contributed by atoms with Crippen molar-refractivity contribution < 1.29 is 14.2 Å². The van der Waals surface area contributed by atoms with Crippen LogP contribution < -0.4 is 0 Å². The van der Waals surface area contributed by atoms with E-state index in [0.29, 0.717) is 23.9 Å². The van der Waals surface area contributed by atoms with Crippen LogP contribution >= 0.6 is 0 Å². The summed E-state index contributed by atoms with van der Waals surface area (Å²) in [5, 5.41) is 0. The first-order chi connectivity index (χ1) is 7.34. The maximum Gasteiger partial charge on any atom is 0.165 e. The van der Waals surface area contributed by atoms with Crippen molar-refractivity contribution in [1.82, 2.24) is 0 Å². The Bertz CT molecular complexity index is 325. The molecule has 0 aromatic heterocycles. The van der Waals surface area contributed by atoms with E-state index in [-0.39, 0.29) is 12.4 Å². The molecule has 0 bridgehead atoms. The number of ether oxygens (including phenoxy) is 3. The molecule has 82 valence electrons. The molecule has 3 heterocycles. The molecule has 3 fully saturated rings. The molecule has 0 amide bonds. The molecule has 0 N–H and O–H groups in total. The first-order valence-electron chi connectivity index (χ1n) is 5.92. The monoisotopic (exact) mass is 208 g/mol. The highest BCUT2D eigenvalue weighted by molar-refractivity contribution is 5.22. The molecular formula is C12H16O3. The molecule has 4 rings (SSSR count). The molecule has 0 spiro atoms. The number of allylic oxidation sites excluding steroid dienone is 1. The van der Waals surface area contributed by atoms with E-state index in [1.165, 1.54) is 12.0 Å². The van der Waals surface area contributed by atoms with E-state index in [1.54, 1.807) is 0 Å². The van der Waals surface area contributed by atoms with Gasteiger partial charge in [0.2, 0.25) is 0 Å². The van der Waals surface area contributed by atoms with Gasteiger partial charge in [0.1, 0.15) is 0 Å². The van der Waals surface area contributed by atoms with Crippen LogP contribution in [0.5, 0.6) is 0 Å². The lowest BCUT2D eigenvalue weighted by molar-refractivity contribution is -0.225. The van der Waals surface area contributed by atoms with Gasteiger partial charge in [0.25, 0.3) is 0 Å². The lowest BCUT2D eigenvalue weighted by atomic mass is 9.69. The molecule has 0 saturated carbocycles. The van der Waals surface area contributed by atoms with Crippen LogP contribution in [0.1, 0.15) is 13.3 Å². The van der Waals surface area contributed by atoms with Crippen LogP contribution in [-0.4, -0.2) is 31.7 Å². The van der Waals surface area contributed by atoms with E-state index in [0.717, 1.165) is 13.2 Å². The summed E-state index contributed by atoms with van der Waals surface area (Å²) >= 11 is 0. The normalized spacial score (nSPS) is 56.5. The Morgan fingerprint density at radius 2 is 2.27 bits per heavy atom. The minimum Gasteiger partial charge on any atom is -0.375 e. The van der Waals surface area contributed by atoms with Crippen LogP contribution in [0.4, 0.5) is 0 Å². The second kappa shape index (κ2) is 2.84. The zero-order valence-electron chi connectivity index (χ0n) is 8.89. The smallest absolute Gasteiger partial charge is 0.165 e. The van der Waals surface area contributed by atoms with E-state index in [9.17, 15) is 0 Å². The van der Waals surface area contributed by atoms with E-state index in [1.807, 2.05) is 0 Å². The van der Waals surface area contributed by atoms with Crippen LogP contribution in [0.15, 0.2) is 11.6 Å². The number of rotatable bonds is 0. The van der Waals surface area contributed by atoms with Gasteiger partial charge in [-0.3, -0.25) is 0 Å². The predicted octanol–water partition coefficient (Wildman–Crippen LogP) is 1.34. The third-order valence-corrected chi connectivity index (χ3v) is 4.47. The Morgan fingerprint density at radius 3 is 3.20 bits per heavy atom. The fraction of sp³-hybridized carbons (Fsp3) is 0.833. The van der Waals surface area contributed by atoms with Gasteiger partial charge in [0, 0.05) is 11.8 Å². The minimum absolute atomic E-state index is 0.0111. The molecule has 3 nitrogen and oxygen atoms in total. The molecule has 1 aliphatic carbocycles. The third-order valence-electron chi connectivity index (χ3n) is 4.47. The Balaban J connectivity index is 1.79. The fourth-order valence-corrected chi connectivity index (χ4v) is 3.79. The van der Waals surface area contributed by atoms with Crippen molar-refractivity contribution in [3.8, 4) is 0 Å². The van der Waals surface area contributed by atoms with Crippen molar-refractivity contribution in [2.24, 2.45) is 17.8 Å². The highest BCUT2D eigenvalue weighted by atomic mass is 16.7. The van der Waals surface area contributed by atoms with Gasteiger partial charge in [-0.25, -0.2) is 0 Å². The maximum atomic E-state index is 5.89. The molecule has 3 aliphatic heterocycles. The van der Waals surface area contributed by atoms with Crippen LogP contribution in [-0.2, 0) is 14.2 Å². The first-order valence-corrected chi connectivity index (χ1v) is 5.92. The molecule has 3 saturated heterocycles. The largest absolute Gasteiger partial charge is 0.375 e. The lowest BCUT2D eigenvalue weighted by Gasteiger charge is -2.42. The van der Waals surface area contributed by atoms with E-state index in [4.69, 9.17) is 14.2 Å². The molecule has 6 atom stereocenters. The van der Waals surface area contributed by atoms with Gasteiger partial charge in [0.15, 0.2) is 6.29 Å². The van der Waals surface area contributed by atoms with Gasteiger partial charge < -0.3 is 14.2 Å². The van der Waals surface area contributed by atoms with E-state index in [2.05, 4.69) is 13.0 Å². The van der Waals surface area contributed by atoms with E-state index >= 15 is 0 Å². The third kappa shape index (κ3) is 1.01. The Morgan fingerprint density at radius 1 is 1.33 bits per heavy atom. The predicted molar refractivity (Wildman–Crippen MR) is 53.2 cm³/mol. The van der Waals surface area contributed by atoms with Crippen molar-refractivity contribution in [2.75, 3.05) is 13.2 Å². The van der Waals surface area contributed by atoms with Crippen molar-refractivity contribution in [3.05, 3.63) is 11.6 Å². The summed E-state index contributed by atoms with van der Waals surface area (Å²) in [7, 11) is 0. The molecule has 0 aromatic rings. The van der Waals surface area contributed by atoms with Gasteiger partial charge >= 0.3 is 0 Å². The first kappa shape index (κ1) is 8.74. The molecule has 3 heteroatoms. The molecule has 15 heavy (non-hydrogen) atoms. The second-order valence-electron chi connectivity index (χ2n) is 5.20.